The summed E-state index contributed by atoms with van der Waals surface area (Å²) in [5.74, 6) is 0. The van der Waals surface area contributed by atoms with Crippen LogP contribution in [0.2, 0.25) is 0 Å². The van der Waals surface area contributed by atoms with Gasteiger partial charge in [0, 0.05) is 18.1 Å². The zero-order valence-corrected chi connectivity index (χ0v) is 10.1. The van der Waals surface area contributed by atoms with Crippen molar-refractivity contribution in [3.63, 3.8) is 0 Å². The van der Waals surface area contributed by atoms with Gasteiger partial charge >= 0.3 is 0 Å². The van der Waals surface area contributed by atoms with Gasteiger partial charge in [0.2, 0.25) is 0 Å². The van der Waals surface area contributed by atoms with Crippen LogP contribution in [0, 0.1) is 0 Å². The lowest BCUT2D eigenvalue weighted by molar-refractivity contribution is 0.0572. The minimum Gasteiger partial charge on any atom is -0.328 e. The molecule has 15 heavy (non-hydrogen) atoms. The van der Waals surface area contributed by atoms with Crippen molar-refractivity contribution in [2.45, 2.75) is 76.4 Å². The van der Waals surface area contributed by atoms with Crippen LogP contribution in [0.15, 0.2) is 0 Å². The molecule has 0 radical (unpaired) electrons. The Morgan fingerprint density at radius 3 is 2.07 bits per heavy atom. The summed E-state index contributed by atoms with van der Waals surface area (Å²) in [6.07, 6.45) is 10.8. The van der Waals surface area contributed by atoms with Crippen LogP contribution in [0.5, 0.6) is 0 Å². The first-order valence-electron chi connectivity index (χ1n) is 6.82. The van der Waals surface area contributed by atoms with Crippen molar-refractivity contribution in [3.8, 4) is 0 Å². The summed E-state index contributed by atoms with van der Waals surface area (Å²) in [6.45, 7) is 3.62. The number of rotatable bonds is 4. The molecule has 0 bridgehead atoms. The summed E-state index contributed by atoms with van der Waals surface area (Å²) >= 11 is 0. The van der Waals surface area contributed by atoms with Gasteiger partial charge in [-0.15, -0.1) is 0 Å². The molecule has 2 nitrogen and oxygen atoms in total. The molecule has 0 atom stereocenters. The summed E-state index contributed by atoms with van der Waals surface area (Å²) in [6, 6.07) is 2.27. The number of hydrogen-bond donors (Lipinski definition) is 1. The predicted octanol–water partition coefficient (Wildman–Crippen LogP) is 2.52. The normalized spacial score (nSPS) is 33.0. The molecule has 2 aliphatic carbocycles. The Bertz CT molecular complexity index is 181. The van der Waals surface area contributed by atoms with Gasteiger partial charge in [0.15, 0.2) is 0 Å². The van der Waals surface area contributed by atoms with E-state index in [9.17, 15) is 0 Å². The summed E-state index contributed by atoms with van der Waals surface area (Å²) in [4.78, 5) is 2.80. The maximum Gasteiger partial charge on any atom is 0.00993 e. The first kappa shape index (κ1) is 11.4. The van der Waals surface area contributed by atoms with Crippen molar-refractivity contribution in [1.29, 1.82) is 0 Å². The van der Waals surface area contributed by atoms with E-state index in [0.29, 0.717) is 6.04 Å². The molecule has 0 aliphatic heterocycles. The molecule has 2 N–H and O–H groups in total. The highest BCUT2D eigenvalue weighted by Gasteiger charge is 2.31. The quantitative estimate of drug-likeness (QED) is 0.772. The van der Waals surface area contributed by atoms with E-state index in [0.717, 1.165) is 12.1 Å². The highest BCUT2D eigenvalue weighted by Crippen LogP contribution is 2.31. The Kier molecular flexibility index (Phi) is 4.04. The van der Waals surface area contributed by atoms with E-state index in [-0.39, 0.29) is 0 Å². The Balaban J connectivity index is 1.86. The molecule has 0 aromatic rings. The zero-order valence-electron chi connectivity index (χ0n) is 10.1. The van der Waals surface area contributed by atoms with Gasteiger partial charge in [-0.05, 0) is 51.5 Å². The minimum atomic E-state index is 0.492. The highest BCUT2D eigenvalue weighted by molar-refractivity contribution is 4.88. The van der Waals surface area contributed by atoms with Crippen molar-refractivity contribution < 1.29 is 0 Å². The average Bonchev–Trinajstić information content (AvgIpc) is 2.16. The topological polar surface area (TPSA) is 29.3 Å². The first-order chi connectivity index (χ1) is 7.31. The van der Waals surface area contributed by atoms with E-state index in [1.807, 2.05) is 0 Å². The molecular weight excluding hydrogens is 184 g/mol. The van der Waals surface area contributed by atoms with Crippen LogP contribution in [0.1, 0.15) is 58.3 Å². The molecular formula is C13H26N2. The fourth-order valence-corrected chi connectivity index (χ4v) is 3.07. The third-order valence-electron chi connectivity index (χ3n) is 4.24. The summed E-state index contributed by atoms with van der Waals surface area (Å²) in [5.41, 5.74) is 5.98. The van der Waals surface area contributed by atoms with E-state index in [1.165, 1.54) is 57.9 Å². The third kappa shape index (κ3) is 2.73. The molecule has 2 heteroatoms. The standard InChI is InChI=1S/C13H26N2/c1-2-10-15(12-4-3-5-12)13-8-6-11(14)7-9-13/h11-13H,2-10,14H2,1H3. The average molecular weight is 210 g/mol. The van der Waals surface area contributed by atoms with Crippen LogP contribution < -0.4 is 5.73 Å². The second-order valence-electron chi connectivity index (χ2n) is 5.39. The Morgan fingerprint density at radius 1 is 1.00 bits per heavy atom. The van der Waals surface area contributed by atoms with Crippen molar-refractivity contribution >= 4 is 0 Å². The summed E-state index contributed by atoms with van der Waals surface area (Å²) in [7, 11) is 0. The molecule has 2 saturated carbocycles. The lowest BCUT2D eigenvalue weighted by Crippen LogP contribution is -2.49. The van der Waals surface area contributed by atoms with Crippen LogP contribution in [0.4, 0.5) is 0 Å². The lowest BCUT2D eigenvalue weighted by Gasteiger charge is -2.44. The molecule has 0 aromatic carbocycles. The summed E-state index contributed by atoms with van der Waals surface area (Å²) < 4.78 is 0. The second kappa shape index (κ2) is 5.31. The van der Waals surface area contributed by atoms with Crippen molar-refractivity contribution in [2.24, 2.45) is 5.73 Å². The van der Waals surface area contributed by atoms with Crippen molar-refractivity contribution in [2.75, 3.05) is 6.54 Å². The maximum absolute atomic E-state index is 5.98. The lowest BCUT2D eigenvalue weighted by atomic mass is 9.85. The first-order valence-corrected chi connectivity index (χ1v) is 6.82. The van der Waals surface area contributed by atoms with Crippen molar-refractivity contribution in [3.05, 3.63) is 0 Å². The van der Waals surface area contributed by atoms with Crippen LogP contribution in [0.3, 0.4) is 0 Å². The van der Waals surface area contributed by atoms with Gasteiger partial charge in [0.05, 0.1) is 0 Å². The molecule has 2 fully saturated rings. The molecule has 2 rings (SSSR count). The number of nitrogens with zero attached hydrogens (tertiary/aromatic N) is 1. The van der Waals surface area contributed by atoms with Crippen molar-refractivity contribution in [1.82, 2.24) is 4.90 Å². The Morgan fingerprint density at radius 2 is 1.60 bits per heavy atom. The van der Waals surface area contributed by atoms with E-state index in [4.69, 9.17) is 5.73 Å². The molecule has 88 valence electrons. The molecule has 0 unspecified atom stereocenters. The van der Waals surface area contributed by atoms with Gasteiger partial charge in [-0.1, -0.05) is 13.3 Å². The molecule has 2 aliphatic rings. The van der Waals surface area contributed by atoms with Gasteiger partial charge in [-0.3, -0.25) is 4.90 Å². The Hall–Kier alpha value is -0.0800. The van der Waals surface area contributed by atoms with E-state index in [2.05, 4.69) is 11.8 Å². The molecule has 0 spiro atoms. The van der Waals surface area contributed by atoms with Gasteiger partial charge < -0.3 is 5.73 Å². The van der Waals surface area contributed by atoms with E-state index in [1.54, 1.807) is 0 Å². The van der Waals surface area contributed by atoms with Crippen LogP contribution >= 0.6 is 0 Å². The molecule has 0 amide bonds. The maximum atomic E-state index is 5.98. The van der Waals surface area contributed by atoms with Crippen LogP contribution in [0.25, 0.3) is 0 Å². The monoisotopic (exact) mass is 210 g/mol. The van der Waals surface area contributed by atoms with E-state index < -0.39 is 0 Å². The SMILES string of the molecule is CCCN(C1CCC1)C1CCC(N)CC1. The van der Waals surface area contributed by atoms with E-state index >= 15 is 0 Å². The molecule has 0 heterocycles. The third-order valence-corrected chi connectivity index (χ3v) is 4.24. The number of hydrogen-bond acceptors (Lipinski definition) is 2. The highest BCUT2D eigenvalue weighted by atomic mass is 15.2. The fraction of sp³-hybridized carbons (Fsp3) is 1.00. The predicted molar refractivity (Wildman–Crippen MR) is 64.9 cm³/mol. The molecule has 0 saturated heterocycles. The van der Waals surface area contributed by atoms with Crippen LogP contribution in [-0.4, -0.2) is 29.6 Å². The van der Waals surface area contributed by atoms with Gasteiger partial charge in [0.25, 0.3) is 0 Å². The zero-order chi connectivity index (χ0) is 10.7. The van der Waals surface area contributed by atoms with Crippen LogP contribution in [-0.2, 0) is 0 Å². The Labute approximate surface area is 94.2 Å². The van der Waals surface area contributed by atoms with Gasteiger partial charge in [-0.25, -0.2) is 0 Å². The largest absolute Gasteiger partial charge is 0.328 e. The summed E-state index contributed by atoms with van der Waals surface area (Å²) in [5, 5.41) is 0. The minimum absolute atomic E-state index is 0.492. The second-order valence-corrected chi connectivity index (χ2v) is 5.39. The smallest absolute Gasteiger partial charge is 0.00993 e. The fourth-order valence-electron chi connectivity index (χ4n) is 3.07. The van der Waals surface area contributed by atoms with Gasteiger partial charge in [0.1, 0.15) is 0 Å². The van der Waals surface area contributed by atoms with Gasteiger partial charge in [-0.2, -0.15) is 0 Å². The molecule has 0 aromatic heterocycles. The number of nitrogens with two attached hydrogens (primary N) is 1.